The van der Waals surface area contributed by atoms with Gasteiger partial charge in [0.05, 0.1) is 39.7 Å². The van der Waals surface area contributed by atoms with Crippen LogP contribution in [-0.4, -0.2) is 40.3 Å². The molecule has 34 heavy (non-hydrogen) atoms. The maximum Gasteiger partial charge on any atom is 0.282 e. The summed E-state index contributed by atoms with van der Waals surface area (Å²) in [7, 11) is 6.13. The lowest BCUT2D eigenvalue weighted by Crippen LogP contribution is -2.32. The van der Waals surface area contributed by atoms with Gasteiger partial charge in [-0.05, 0) is 42.5 Å². The highest BCUT2D eigenvalue weighted by Gasteiger charge is 2.41. The van der Waals surface area contributed by atoms with Gasteiger partial charge in [0.25, 0.3) is 11.8 Å². The number of hydrogen-bond donors (Lipinski definition) is 1. The minimum atomic E-state index is -0.495. The van der Waals surface area contributed by atoms with Crippen molar-refractivity contribution in [1.82, 2.24) is 0 Å². The predicted molar refractivity (Wildman–Crippen MR) is 129 cm³/mol. The van der Waals surface area contributed by atoms with Crippen LogP contribution in [0.15, 0.2) is 72.4 Å². The van der Waals surface area contributed by atoms with Crippen LogP contribution in [0.4, 0.5) is 11.4 Å². The number of methoxy groups -OCH3 is 4. The third-order valence-corrected chi connectivity index (χ3v) is 5.44. The molecule has 0 aromatic heterocycles. The van der Waals surface area contributed by atoms with Gasteiger partial charge in [0, 0.05) is 17.3 Å². The van der Waals surface area contributed by atoms with Crippen LogP contribution in [0, 0.1) is 0 Å². The van der Waals surface area contributed by atoms with Crippen LogP contribution in [0.25, 0.3) is 5.57 Å². The zero-order chi connectivity index (χ0) is 24.2. The smallest absolute Gasteiger partial charge is 0.282 e. The largest absolute Gasteiger partial charge is 0.497 e. The van der Waals surface area contributed by atoms with E-state index in [0.717, 1.165) is 4.90 Å². The van der Waals surface area contributed by atoms with Gasteiger partial charge in [0.15, 0.2) is 11.5 Å². The van der Waals surface area contributed by atoms with E-state index in [-0.39, 0.29) is 11.3 Å². The quantitative estimate of drug-likeness (QED) is 0.506. The molecule has 4 rings (SSSR count). The second-order valence-electron chi connectivity index (χ2n) is 7.29. The fraction of sp³-hybridized carbons (Fsp3) is 0.154. The first-order valence-electron chi connectivity index (χ1n) is 10.4. The number of rotatable bonds is 8. The molecule has 1 aliphatic rings. The summed E-state index contributed by atoms with van der Waals surface area (Å²) in [6.07, 6.45) is 0. The Balaban J connectivity index is 1.83. The van der Waals surface area contributed by atoms with Crippen LogP contribution in [0.3, 0.4) is 0 Å². The second kappa shape index (κ2) is 9.58. The maximum absolute atomic E-state index is 13.6. The normalized spacial score (nSPS) is 13.2. The highest BCUT2D eigenvalue weighted by molar-refractivity contribution is 6.46. The lowest BCUT2D eigenvalue weighted by atomic mass is 10.0. The van der Waals surface area contributed by atoms with Crippen molar-refractivity contribution in [3.05, 3.63) is 78.0 Å². The molecule has 8 nitrogen and oxygen atoms in total. The van der Waals surface area contributed by atoms with Gasteiger partial charge in [-0.2, -0.15) is 0 Å². The number of anilines is 2. The molecule has 1 N–H and O–H groups in total. The van der Waals surface area contributed by atoms with E-state index in [4.69, 9.17) is 18.9 Å². The van der Waals surface area contributed by atoms with Gasteiger partial charge < -0.3 is 24.3 Å². The van der Waals surface area contributed by atoms with Gasteiger partial charge >= 0.3 is 0 Å². The molecule has 1 heterocycles. The molecule has 0 unspecified atom stereocenters. The molecule has 0 atom stereocenters. The number of amides is 2. The average Bonchev–Trinajstić information content (AvgIpc) is 3.12. The van der Waals surface area contributed by atoms with Crippen LogP contribution in [0.2, 0.25) is 0 Å². The average molecular weight is 460 g/mol. The van der Waals surface area contributed by atoms with Crippen molar-refractivity contribution in [3.63, 3.8) is 0 Å². The monoisotopic (exact) mass is 460 g/mol. The molecule has 174 valence electrons. The molecule has 0 saturated carbocycles. The number of nitrogens with one attached hydrogen (secondary N) is 1. The Bertz CT molecular complexity index is 1270. The maximum atomic E-state index is 13.6. The van der Waals surface area contributed by atoms with Crippen molar-refractivity contribution < 1.29 is 28.5 Å². The van der Waals surface area contributed by atoms with Crippen molar-refractivity contribution >= 4 is 28.8 Å². The minimum Gasteiger partial charge on any atom is -0.497 e. The Hall–Kier alpha value is -4.46. The van der Waals surface area contributed by atoms with Gasteiger partial charge in [-0.3, -0.25) is 9.59 Å². The summed E-state index contributed by atoms with van der Waals surface area (Å²) in [6, 6.07) is 18.9. The van der Waals surface area contributed by atoms with Crippen LogP contribution in [-0.2, 0) is 9.59 Å². The summed E-state index contributed by atoms with van der Waals surface area (Å²) in [6.45, 7) is 0. The van der Waals surface area contributed by atoms with Gasteiger partial charge in [-0.1, -0.05) is 18.2 Å². The third-order valence-electron chi connectivity index (χ3n) is 5.44. The lowest BCUT2D eigenvalue weighted by molar-refractivity contribution is -0.120. The summed E-state index contributed by atoms with van der Waals surface area (Å²) in [4.78, 5) is 28.4. The number of hydrogen-bond acceptors (Lipinski definition) is 7. The van der Waals surface area contributed by atoms with E-state index < -0.39 is 11.8 Å². The minimum absolute atomic E-state index is 0.123. The van der Waals surface area contributed by atoms with E-state index in [9.17, 15) is 9.59 Å². The summed E-state index contributed by atoms with van der Waals surface area (Å²) < 4.78 is 21.3. The van der Waals surface area contributed by atoms with Crippen LogP contribution < -0.4 is 29.2 Å². The van der Waals surface area contributed by atoms with E-state index >= 15 is 0 Å². The Morgan fingerprint density at radius 2 is 1.35 bits per heavy atom. The number of nitrogens with zero attached hydrogens (tertiary/aromatic N) is 1. The first-order chi connectivity index (χ1) is 16.5. The molecule has 3 aromatic carbocycles. The van der Waals surface area contributed by atoms with E-state index in [0.29, 0.717) is 39.9 Å². The van der Waals surface area contributed by atoms with E-state index in [1.807, 2.05) is 0 Å². The van der Waals surface area contributed by atoms with Gasteiger partial charge in [0.1, 0.15) is 17.2 Å². The molecular formula is C26H24N2O6. The number of carbonyl (C=O) groups excluding carboxylic acids is 2. The van der Waals surface area contributed by atoms with E-state index in [2.05, 4.69) is 5.32 Å². The molecule has 0 spiro atoms. The fourth-order valence-electron chi connectivity index (χ4n) is 3.77. The Morgan fingerprint density at radius 1 is 0.676 bits per heavy atom. The third kappa shape index (κ3) is 4.01. The van der Waals surface area contributed by atoms with Crippen molar-refractivity contribution in [3.8, 4) is 23.0 Å². The lowest BCUT2D eigenvalue weighted by Gasteiger charge is -2.16. The number of ether oxygens (including phenoxy) is 4. The molecule has 0 fully saturated rings. The Labute approximate surface area is 197 Å². The molecule has 0 aliphatic carbocycles. The molecule has 0 bridgehead atoms. The zero-order valence-corrected chi connectivity index (χ0v) is 19.2. The highest BCUT2D eigenvalue weighted by atomic mass is 16.5. The van der Waals surface area contributed by atoms with Gasteiger partial charge in [-0.15, -0.1) is 0 Å². The molecule has 0 radical (unpaired) electrons. The Morgan fingerprint density at radius 3 is 2.00 bits per heavy atom. The number of benzene rings is 3. The van der Waals surface area contributed by atoms with Gasteiger partial charge in [0.2, 0.25) is 0 Å². The first-order valence-corrected chi connectivity index (χ1v) is 10.4. The SMILES string of the molecule is COc1ccc(N2C(=O)C(Nc3ccc(OC)c(OC)c3)=C(c3ccccc3OC)C2=O)cc1. The van der Waals surface area contributed by atoms with E-state index in [1.165, 1.54) is 14.2 Å². The van der Waals surface area contributed by atoms with Crippen LogP contribution in [0.1, 0.15) is 5.56 Å². The zero-order valence-electron chi connectivity index (χ0n) is 19.2. The predicted octanol–water partition coefficient (Wildman–Crippen LogP) is 4.12. The Kier molecular flexibility index (Phi) is 6.40. The van der Waals surface area contributed by atoms with Crippen molar-refractivity contribution in [2.24, 2.45) is 0 Å². The number of carbonyl (C=O) groups is 2. The molecule has 8 heteroatoms. The highest BCUT2D eigenvalue weighted by Crippen LogP contribution is 2.38. The van der Waals surface area contributed by atoms with Crippen molar-refractivity contribution in [2.75, 3.05) is 38.7 Å². The molecule has 1 aliphatic heterocycles. The standard InChI is InChI=1S/C26H24N2O6/c1-31-18-12-10-17(11-13-18)28-25(29)23(19-7-5-6-8-20(19)32-2)24(26(28)30)27-16-9-14-21(33-3)22(15-16)34-4/h5-15,27H,1-4H3. The van der Waals surface area contributed by atoms with Gasteiger partial charge in [-0.25, -0.2) is 4.90 Å². The summed E-state index contributed by atoms with van der Waals surface area (Å²) in [5, 5.41) is 3.12. The molecule has 0 saturated heterocycles. The second-order valence-corrected chi connectivity index (χ2v) is 7.29. The van der Waals surface area contributed by atoms with E-state index in [1.54, 1.807) is 80.9 Å². The molecule has 2 amide bonds. The molecular weight excluding hydrogens is 436 g/mol. The number of imide groups is 1. The summed E-state index contributed by atoms with van der Waals surface area (Å²) >= 11 is 0. The first kappa shape index (κ1) is 22.7. The topological polar surface area (TPSA) is 86.3 Å². The summed E-state index contributed by atoms with van der Waals surface area (Å²) in [5.74, 6) is 1.15. The fourth-order valence-corrected chi connectivity index (χ4v) is 3.77. The number of para-hydroxylation sites is 1. The summed E-state index contributed by atoms with van der Waals surface area (Å²) in [5.41, 5.74) is 1.80. The molecule has 3 aromatic rings. The van der Waals surface area contributed by atoms with Crippen LogP contribution in [0.5, 0.6) is 23.0 Å². The van der Waals surface area contributed by atoms with Crippen molar-refractivity contribution in [2.45, 2.75) is 0 Å². The van der Waals surface area contributed by atoms with Crippen LogP contribution >= 0.6 is 0 Å². The van der Waals surface area contributed by atoms with Crippen molar-refractivity contribution in [1.29, 1.82) is 0 Å².